The van der Waals surface area contributed by atoms with Crippen LogP contribution in [0.2, 0.25) is 0 Å². The number of methoxy groups -OCH3 is 2. The van der Waals surface area contributed by atoms with E-state index in [1.165, 1.54) is 98.0 Å². The van der Waals surface area contributed by atoms with Gasteiger partial charge >= 0.3 is 6.18 Å². The quantitative estimate of drug-likeness (QED) is 0.138. The molecule has 0 amide bonds. The van der Waals surface area contributed by atoms with Crippen LogP contribution in [0.5, 0.6) is 23.3 Å². The topological polar surface area (TPSA) is 205 Å². The summed E-state index contributed by atoms with van der Waals surface area (Å²) in [6.45, 7) is 23.0. The minimum atomic E-state index is -4.33. The Morgan fingerprint density at radius 1 is 0.443 bits per heavy atom. The second-order valence-electron chi connectivity index (χ2n) is 24.6. The molecule has 3 N–H and O–H groups in total. The number of H-pyrrole nitrogens is 3. The molecule has 0 bridgehead atoms. The van der Waals surface area contributed by atoms with Crippen molar-refractivity contribution in [2.75, 3.05) is 27.4 Å². The minimum absolute atomic E-state index is 0.0810. The SMILES string of the molecule is COc1ccc(C)cn1.COc1cnc(C)cn1.Cc1c(F)cccc1F.Cc1ccc(C(F)(F)F)nc1.Cc1ccc2[nH]ccc2c1.Cc1ccc2nc[nH]c2c1.Cc1ccccc1.Cc1ccnc2c1OCC2.Cc1cnc2[nH]ccc2c1.Cc1cnc2c(c1)OCC2.Cc1cnc2c(ccn2C)c1. The van der Waals surface area contributed by atoms with Gasteiger partial charge in [-0.25, -0.2) is 33.7 Å². The van der Waals surface area contributed by atoms with E-state index in [4.69, 9.17) is 18.9 Å². The third-order valence-electron chi connectivity index (χ3n) is 15.5. The van der Waals surface area contributed by atoms with Crippen LogP contribution in [-0.4, -0.2) is 91.8 Å². The Morgan fingerprint density at radius 2 is 1.05 bits per heavy atom. The normalized spacial score (nSPS) is 11.0. The Kier molecular flexibility index (Phi) is 31.5. The van der Waals surface area contributed by atoms with Crippen LogP contribution in [0.3, 0.4) is 0 Å². The van der Waals surface area contributed by atoms with Crippen molar-refractivity contribution in [1.82, 2.24) is 64.4 Å². The van der Waals surface area contributed by atoms with Gasteiger partial charge in [-0.1, -0.05) is 71.8 Å². The molecular formula is C84H90F5N13O4. The Hall–Kier alpha value is -12.2. The number of pyridine rings is 6. The summed E-state index contributed by atoms with van der Waals surface area (Å²) in [4.78, 5) is 45.3. The Labute approximate surface area is 615 Å². The molecule has 2 aliphatic rings. The van der Waals surface area contributed by atoms with Crippen LogP contribution in [-0.2, 0) is 26.1 Å². The van der Waals surface area contributed by atoms with Gasteiger partial charge in [0.25, 0.3) is 0 Å². The molecule has 0 aliphatic carbocycles. The van der Waals surface area contributed by atoms with Crippen molar-refractivity contribution < 1.29 is 40.9 Å². The van der Waals surface area contributed by atoms with Gasteiger partial charge in [0, 0.05) is 104 Å². The molecule has 17 nitrogen and oxygen atoms in total. The molecule has 0 unspecified atom stereocenters. The molecule has 22 heteroatoms. The first-order valence-corrected chi connectivity index (χ1v) is 33.9. The van der Waals surface area contributed by atoms with E-state index in [0.717, 1.165) is 94.2 Å². The molecule has 0 radical (unpaired) electrons. The first-order chi connectivity index (χ1) is 50.8. The zero-order valence-electron chi connectivity index (χ0n) is 62.2. The molecule has 4 aromatic carbocycles. The number of fused-ring (bicyclic) bond motifs is 6. The number of imidazole rings is 1. The lowest BCUT2D eigenvalue weighted by Crippen LogP contribution is -2.07. The number of ether oxygens (including phenoxy) is 4. The number of benzene rings is 4. The van der Waals surface area contributed by atoms with Gasteiger partial charge in [-0.15, -0.1) is 0 Å². The number of alkyl halides is 3. The summed E-state index contributed by atoms with van der Waals surface area (Å²) in [5, 5.41) is 3.69. The fourth-order valence-corrected chi connectivity index (χ4v) is 9.72. The lowest BCUT2D eigenvalue weighted by molar-refractivity contribution is -0.141. The molecule has 17 rings (SSSR count). The number of rotatable bonds is 2. The summed E-state index contributed by atoms with van der Waals surface area (Å²) in [7, 11) is 5.18. The van der Waals surface area contributed by atoms with Gasteiger partial charge in [0.15, 0.2) is 0 Å². The predicted octanol–water partition coefficient (Wildman–Crippen LogP) is 19.6. The van der Waals surface area contributed by atoms with Gasteiger partial charge in [0.1, 0.15) is 40.1 Å². The second kappa shape index (κ2) is 41.2. The Bertz CT molecular complexity index is 4870. The van der Waals surface area contributed by atoms with Crippen LogP contribution < -0.4 is 18.9 Å². The summed E-state index contributed by atoms with van der Waals surface area (Å²) in [6, 6.07) is 47.2. The van der Waals surface area contributed by atoms with Crippen LogP contribution in [0.15, 0.2) is 226 Å². The maximum absolute atomic E-state index is 12.3. The smallest absolute Gasteiger partial charge is 0.433 e. The number of hydrogen-bond donors (Lipinski definition) is 3. The third-order valence-corrected chi connectivity index (χ3v) is 15.5. The monoisotopic (exact) mass is 1440 g/mol. The molecule has 0 fully saturated rings. The summed E-state index contributed by atoms with van der Waals surface area (Å²) in [5.41, 5.74) is 18.3. The maximum atomic E-state index is 12.3. The number of nitrogens with zero attached hydrogens (tertiary/aromatic N) is 10. The van der Waals surface area contributed by atoms with E-state index >= 15 is 0 Å². The molecule has 0 saturated carbocycles. The zero-order chi connectivity index (χ0) is 76.5. The predicted molar refractivity (Wildman–Crippen MR) is 412 cm³/mol. The van der Waals surface area contributed by atoms with Crippen molar-refractivity contribution in [2.45, 2.75) is 95.2 Å². The van der Waals surface area contributed by atoms with E-state index in [1.54, 1.807) is 46.1 Å². The average molecular weight is 1440 g/mol. The lowest BCUT2D eigenvalue weighted by atomic mass is 10.2. The van der Waals surface area contributed by atoms with Gasteiger partial charge in [0.05, 0.1) is 74.3 Å². The van der Waals surface area contributed by atoms with E-state index in [1.807, 2.05) is 144 Å². The molecular weight excluding hydrogens is 1350 g/mol. The highest BCUT2D eigenvalue weighted by Crippen LogP contribution is 2.28. The van der Waals surface area contributed by atoms with Crippen LogP contribution in [0.4, 0.5) is 22.0 Å². The standard InChI is InChI=1S/C9H10N2.C9H9N.2C8H8N2.2C8H9NO.C7H6F3N.C7H6F2.C7H9NO.C7H8.C6H8N2O/c1-7-5-8-3-4-11(2)9(8)10-6-7;1-7-2-3-9-8(6-7)4-5-10-9;1-6-4-7-2-3-9-8(7)10-5-6;1-6-2-3-7-8(4-6)10-5-9-7;1-6-2-4-9-7-3-5-10-8(6)7;1-6-4-8-7(9-5-6)2-3-10-8;1-5-2-3-6(11-4-5)7(8,9)10;1-5-6(8)3-2-4-7(5)9;1-6-3-4-7(9-2)8-5-6;1-7-5-3-2-4-6-7;1-5-3-8-6(9-2)4-7-5/h3-6H,1-2H3;2-6,10H,1H3;2*2-5H,1H3,(H,9,10);2,4H,3,5H2,1H3;4-5H,2-3H2,1H3;2-4H,1H3;2-4H,1H3;3-5H,1-2H3;2-6H,1H3;3-4H,1-2H3. The van der Waals surface area contributed by atoms with Crippen molar-refractivity contribution in [2.24, 2.45) is 7.05 Å². The minimum Gasteiger partial charge on any atom is -0.491 e. The number of halogens is 5. The summed E-state index contributed by atoms with van der Waals surface area (Å²) < 4.78 is 82.6. The molecule has 2 aliphatic heterocycles. The van der Waals surface area contributed by atoms with E-state index in [9.17, 15) is 22.0 Å². The van der Waals surface area contributed by atoms with Crippen LogP contribution in [0.1, 0.15) is 78.4 Å². The highest BCUT2D eigenvalue weighted by molar-refractivity contribution is 5.80. The molecule has 13 heterocycles. The maximum Gasteiger partial charge on any atom is 0.433 e. The number of hydrogen-bond acceptors (Lipinski definition) is 13. The van der Waals surface area contributed by atoms with Crippen molar-refractivity contribution in [3.63, 3.8) is 0 Å². The number of nitrogens with one attached hydrogen (secondary N) is 3. The van der Waals surface area contributed by atoms with Crippen LogP contribution in [0.25, 0.3) is 44.0 Å². The molecule has 0 saturated heterocycles. The third kappa shape index (κ3) is 26.9. The van der Waals surface area contributed by atoms with Crippen molar-refractivity contribution in [3.8, 4) is 23.3 Å². The molecule has 0 spiro atoms. The first-order valence-electron chi connectivity index (χ1n) is 33.9. The van der Waals surface area contributed by atoms with Crippen molar-refractivity contribution in [3.05, 3.63) is 316 Å². The molecule has 15 aromatic rings. The van der Waals surface area contributed by atoms with E-state index < -0.39 is 23.5 Å². The highest BCUT2D eigenvalue weighted by Gasteiger charge is 2.31. The van der Waals surface area contributed by atoms with Gasteiger partial charge in [-0.2, -0.15) is 13.2 Å². The average Bonchev–Trinajstić information content (AvgIpc) is 1.68. The van der Waals surface area contributed by atoms with Crippen LogP contribution >= 0.6 is 0 Å². The highest BCUT2D eigenvalue weighted by atomic mass is 19.4. The first kappa shape index (κ1) is 81.1. The Morgan fingerprint density at radius 3 is 1.69 bits per heavy atom. The number of aromatic nitrogens is 13. The van der Waals surface area contributed by atoms with Crippen molar-refractivity contribution in [1.29, 1.82) is 0 Å². The number of aryl methyl sites for hydroxylation is 11. The molecule has 550 valence electrons. The van der Waals surface area contributed by atoms with Gasteiger partial charge < -0.3 is 38.5 Å². The molecule has 11 aromatic heterocycles. The van der Waals surface area contributed by atoms with E-state index in [2.05, 4.69) is 154 Å². The fraction of sp³-hybridized carbons (Fsp3) is 0.226. The van der Waals surface area contributed by atoms with Crippen molar-refractivity contribution >= 4 is 44.0 Å². The number of aromatic amines is 3. The van der Waals surface area contributed by atoms with Gasteiger partial charge in [-0.05, 0) is 205 Å². The molecule has 0 atom stereocenters. The largest absolute Gasteiger partial charge is 0.491 e. The van der Waals surface area contributed by atoms with E-state index in [-0.39, 0.29) is 5.56 Å². The van der Waals surface area contributed by atoms with E-state index in [0.29, 0.717) is 11.8 Å². The Balaban J connectivity index is 0.000000163. The fourth-order valence-electron chi connectivity index (χ4n) is 9.72. The summed E-state index contributed by atoms with van der Waals surface area (Å²) >= 11 is 0. The second-order valence-corrected chi connectivity index (χ2v) is 24.6. The summed E-state index contributed by atoms with van der Waals surface area (Å²) in [6.07, 6.45) is 18.9. The summed E-state index contributed by atoms with van der Waals surface area (Å²) in [5.74, 6) is 2.22. The lowest BCUT2D eigenvalue weighted by Gasteiger charge is -2.03. The van der Waals surface area contributed by atoms with Gasteiger partial charge in [0.2, 0.25) is 11.8 Å². The molecule has 106 heavy (non-hydrogen) atoms. The van der Waals surface area contributed by atoms with Gasteiger partial charge in [-0.3, -0.25) is 19.9 Å². The zero-order valence-corrected chi connectivity index (χ0v) is 62.2. The van der Waals surface area contributed by atoms with Crippen LogP contribution in [0, 0.1) is 87.8 Å².